The Morgan fingerprint density at radius 1 is 1.12 bits per heavy atom. The van der Waals surface area contributed by atoms with Gasteiger partial charge in [0.1, 0.15) is 18.1 Å². The monoisotopic (exact) mass is 375 g/mol. The number of halogens is 1. The summed E-state index contributed by atoms with van der Waals surface area (Å²) in [7, 11) is 0. The Hall–Kier alpha value is -2.20. The van der Waals surface area contributed by atoms with Gasteiger partial charge in [0.25, 0.3) is 5.91 Å². The molecule has 0 aliphatic carbocycles. The topological polar surface area (TPSA) is 47.6 Å². The van der Waals surface area contributed by atoms with E-state index in [0.29, 0.717) is 29.5 Å². The zero-order chi connectivity index (χ0) is 18.9. The lowest BCUT2D eigenvalue weighted by Crippen LogP contribution is -2.32. The molecule has 4 nitrogen and oxygen atoms in total. The highest BCUT2D eigenvalue weighted by Gasteiger charge is 2.13. The molecule has 1 N–H and O–H groups in total. The summed E-state index contributed by atoms with van der Waals surface area (Å²) in [5.41, 5.74) is 1.43. The lowest BCUT2D eigenvalue weighted by Gasteiger charge is -2.15. The van der Waals surface area contributed by atoms with E-state index in [-0.39, 0.29) is 11.9 Å². The van der Waals surface area contributed by atoms with Gasteiger partial charge >= 0.3 is 0 Å². The fourth-order valence-electron chi connectivity index (χ4n) is 2.63. The van der Waals surface area contributed by atoms with Gasteiger partial charge in [0.2, 0.25) is 0 Å². The molecule has 0 saturated carbocycles. The highest BCUT2D eigenvalue weighted by atomic mass is 35.5. The van der Waals surface area contributed by atoms with Crippen LogP contribution in [0.15, 0.2) is 42.5 Å². The normalized spacial score (nSPS) is 11.7. The molecule has 0 aromatic heterocycles. The first kappa shape index (κ1) is 20.1. The van der Waals surface area contributed by atoms with Gasteiger partial charge in [-0.05, 0) is 62.7 Å². The Kier molecular flexibility index (Phi) is 7.79. The Bertz CT molecular complexity index is 716. The smallest absolute Gasteiger partial charge is 0.251 e. The summed E-state index contributed by atoms with van der Waals surface area (Å²) < 4.78 is 11.5. The van der Waals surface area contributed by atoms with Crippen molar-refractivity contribution >= 4 is 17.5 Å². The van der Waals surface area contributed by atoms with Crippen molar-refractivity contribution in [3.63, 3.8) is 0 Å². The molecular weight excluding hydrogens is 350 g/mol. The summed E-state index contributed by atoms with van der Waals surface area (Å²) >= 11 is 5.89. The third-order valence-electron chi connectivity index (χ3n) is 3.93. The minimum absolute atomic E-state index is 0.0817. The first-order valence-corrected chi connectivity index (χ1v) is 9.36. The molecule has 0 aliphatic heterocycles. The van der Waals surface area contributed by atoms with Crippen LogP contribution in [0.2, 0.25) is 5.02 Å². The second-order valence-electron chi connectivity index (χ2n) is 6.16. The standard InChI is InChI=1S/C21H26ClNO3/c1-4-6-15(3)23-21(24)16-7-12-20(25-5-2)17(13-16)14-26-19-10-8-18(22)9-11-19/h7-13,15H,4-6,14H2,1-3H3,(H,23,24). The van der Waals surface area contributed by atoms with Crippen LogP contribution in [0.5, 0.6) is 11.5 Å². The lowest BCUT2D eigenvalue weighted by atomic mass is 10.1. The molecule has 26 heavy (non-hydrogen) atoms. The van der Waals surface area contributed by atoms with Crippen LogP contribution in [0.3, 0.4) is 0 Å². The molecule has 2 rings (SSSR count). The zero-order valence-corrected chi connectivity index (χ0v) is 16.3. The van der Waals surface area contributed by atoms with Crippen LogP contribution in [0.4, 0.5) is 0 Å². The van der Waals surface area contributed by atoms with Crippen molar-refractivity contribution in [2.24, 2.45) is 0 Å². The molecule has 0 bridgehead atoms. The fraction of sp³-hybridized carbons (Fsp3) is 0.381. The highest BCUT2D eigenvalue weighted by molar-refractivity contribution is 6.30. The molecule has 1 amide bonds. The van der Waals surface area contributed by atoms with Gasteiger partial charge in [0.15, 0.2) is 0 Å². The molecule has 1 atom stereocenters. The molecule has 0 spiro atoms. The maximum Gasteiger partial charge on any atom is 0.251 e. The Morgan fingerprint density at radius 3 is 2.50 bits per heavy atom. The van der Waals surface area contributed by atoms with Crippen molar-refractivity contribution in [3.8, 4) is 11.5 Å². The van der Waals surface area contributed by atoms with Crippen LogP contribution in [-0.2, 0) is 6.61 Å². The van der Waals surface area contributed by atoms with Crippen LogP contribution in [-0.4, -0.2) is 18.6 Å². The van der Waals surface area contributed by atoms with E-state index in [1.54, 1.807) is 18.2 Å². The molecule has 0 heterocycles. The summed E-state index contributed by atoms with van der Waals surface area (Å²) in [6.07, 6.45) is 1.99. The van der Waals surface area contributed by atoms with E-state index in [4.69, 9.17) is 21.1 Å². The Labute approximate surface area is 160 Å². The van der Waals surface area contributed by atoms with E-state index in [1.807, 2.05) is 38.1 Å². The van der Waals surface area contributed by atoms with Crippen molar-refractivity contribution in [1.29, 1.82) is 0 Å². The number of ether oxygens (including phenoxy) is 2. The molecule has 0 saturated heterocycles. The second-order valence-corrected chi connectivity index (χ2v) is 6.60. The van der Waals surface area contributed by atoms with Crippen molar-refractivity contribution < 1.29 is 14.3 Å². The summed E-state index contributed by atoms with van der Waals surface area (Å²) in [6.45, 7) is 6.90. The number of amides is 1. The van der Waals surface area contributed by atoms with Crippen LogP contribution >= 0.6 is 11.6 Å². The van der Waals surface area contributed by atoms with Gasteiger partial charge in [0, 0.05) is 22.2 Å². The third kappa shape index (κ3) is 5.95. The predicted molar refractivity (Wildman–Crippen MR) is 105 cm³/mol. The SMILES string of the molecule is CCCC(C)NC(=O)c1ccc(OCC)c(COc2ccc(Cl)cc2)c1. The maximum atomic E-state index is 12.5. The molecule has 2 aromatic carbocycles. The van der Waals surface area contributed by atoms with Gasteiger partial charge in [0.05, 0.1) is 6.61 Å². The Balaban J connectivity index is 2.13. The average molecular weight is 376 g/mol. The molecule has 0 aliphatic rings. The number of hydrogen-bond acceptors (Lipinski definition) is 3. The quantitative estimate of drug-likeness (QED) is 0.652. The number of nitrogens with one attached hydrogen (secondary N) is 1. The number of benzene rings is 2. The molecule has 5 heteroatoms. The summed E-state index contributed by atoms with van der Waals surface area (Å²) in [6, 6.07) is 12.8. The maximum absolute atomic E-state index is 12.5. The number of rotatable bonds is 9. The van der Waals surface area contributed by atoms with Gasteiger partial charge < -0.3 is 14.8 Å². The largest absolute Gasteiger partial charge is 0.493 e. The fourth-order valence-corrected chi connectivity index (χ4v) is 2.76. The van der Waals surface area contributed by atoms with Gasteiger partial charge in [-0.1, -0.05) is 24.9 Å². The molecule has 1 unspecified atom stereocenters. The zero-order valence-electron chi connectivity index (χ0n) is 15.5. The van der Waals surface area contributed by atoms with Crippen LogP contribution in [0.1, 0.15) is 49.5 Å². The predicted octanol–water partition coefficient (Wildman–Crippen LogP) is 5.24. The minimum Gasteiger partial charge on any atom is -0.493 e. The Morgan fingerprint density at radius 2 is 1.85 bits per heavy atom. The molecule has 140 valence electrons. The summed E-state index contributed by atoms with van der Waals surface area (Å²) in [5.74, 6) is 1.35. The van der Waals surface area contributed by atoms with Gasteiger partial charge in [-0.2, -0.15) is 0 Å². The van der Waals surface area contributed by atoms with E-state index < -0.39 is 0 Å². The first-order chi connectivity index (χ1) is 12.5. The average Bonchev–Trinajstić information content (AvgIpc) is 2.62. The molecule has 0 radical (unpaired) electrons. The molecular formula is C21H26ClNO3. The van der Waals surface area contributed by atoms with Gasteiger partial charge in [-0.15, -0.1) is 0 Å². The number of hydrogen-bond donors (Lipinski definition) is 1. The van der Waals surface area contributed by atoms with E-state index in [0.717, 1.165) is 24.2 Å². The van der Waals surface area contributed by atoms with Gasteiger partial charge in [-0.25, -0.2) is 0 Å². The first-order valence-electron chi connectivity index (χ1n) is 8.98. The molecule has 2 aromatic rings. The summed E-state index contributed by atoms with van der Waals surface area (Å²) in [4.78, 5) is 12.5. The van der Waals surface area contributed by atoms with Gasteiger partial charge in [-0.3, -0.25) is 4.79 Å². The van der Waals surface area contributed by atoms with Crippen molar-refractivity contribution in [2.75, 3.05) is 6.61 Å². The van der Waals surface area contributed by atoms with E-state index in [9.17, 15) is 4.79 Å². The van der Waals surface area contributed by atoms with Crippen LogP contribution < -0.4 is 14.8 Å². The van der Waals surface area contributed by atoms with Crippen molar-refractivity contribution in [1.82, 2.24) is 5.32 Å². The van der Waals surface area contributed by atoms with Crippen molar-refractivity contribution in [3.05, 3.63) is 58.6 Å². The third-order valence-corrected chi connectivity index (χ3v) is 4.18. The minimum atomic E-state index is -0.0817. The highest BCUT2D eigenvalue weighted by Crippen LogP contribution is 2.23. The van der Waals surface area contributed by atoms with Crippen molar-refractivity contribution in [2.45, 2.75) is 46.3 Å². The molecule has 0 fully saturated rings. The lowest BCUT2D eigenvalue weighted by molar-refractivity contribution is 0.0938. The summed E-state index contributed by atoms with van der Waals surface area (Å²) in [5, 5.41) is 3.68. The number of carbonyl (C=O) groups is 1. The second kappa shape index (κ2) is 10.1. The van der Waals surface area contributed by atoms with Crippen LogP contribution in [0.25, 0.3) is 0 Å². The van der Waals surface area contributed by atoms with E-state index in [1.165, 1.54) is 0 Å². The van der Waals surface area contributed by atoms with E-state index in [2.05, 4.69) is 12.2 Å². The number of carbonyl (C=O) groups excluding carboxylic acids is 1. The van der Waals surface area contributed by atoms with E-state index >= 15 is 0 Å². The van der Waals surface area contributed by atoms with Crippen LogP contribution in [0, 0.1) is 0 Å².